The van der Waals surface area contributed by atoms with Crippen molar-refractivity contribution in [1.82, 2.24) is 15.0 Å². The number of hydrogen-bond donors (Lipinski definition) is 1. The minimum atomic E-state index is 0.0336. The third kappa shape index (κ3) is 4.53. The number of aryl methyl sites for hydroxylation is 1. The summed E-state index contributed by atoms with van der Waals surface area (Å²) in [6.07, 6.45) is 3.46. The van der Waals surface area contributed by atoms with Gasteiger partial charge in [0, 0.05) is 47.8 Å². The van der Waals surface area contributed by atoms with Gasteiger partial charge in [0.05, 0.1) is 6.61 Å². The van der Waals surface area contributed by atoms with Crippen molar-refractivity contribution < 1.29 is 5.11 Å². The number of aliphatic hydroxyl groups is 1. The molecule has 1 aromatic carbocycles. The molecule has 0 spiro atoms. The first kappa shape index (κ1) is 17.3. The lowest BCUT2D eigenvalue weighted by Gasteiger charge is -2.24. The molecule has 0 bridgehead atoms. The van der Waals surface area contributed by atoms with Crippen LogP contribution in [0.4, 0.5) is 5.82 Å². The summed E-state index contributed by atoms with van der Waals surface area (Å²) in [6, 6.07) is 13.4. The maximum Gasteiger partial charge on any atom is 0.163 e. The molecule has 6 heteroatoms. The Morgan fingerprint density at radius 1 is 1.12 bits per heavy atom. The largest absolute Gasteiger partial charge is 0.395 e. The lowest BCUT2D eigenvalue weighted by atomic mass is 10.2. The molecule has 0 aliphatic rings. The van der Waals surface area contributed by atoms with Gasteiger partial charge in [-0.3, -0.25) is 4.98 Å². The van der Waals surface area contributed by atoms with E-state index in [1.165, 1.54) is 0 Å². The number of benzene rings is 1. The molecule has 0 radical (unpaired) electrons. The highest BCUT2D eigenvalue weighted by atomic mass is 35.5. The van der Waals surface area contributed by atoms with Crippen LogP contribution in [0.3, 0.4) is 0 Å². The Kier molecular flexibility index (Phi) is 5.58. The molecule has 5 nitrogen and oxygen atoms in total. The number of aromatic nitrogens is 3. The van der Waals surface area contributed by atoms with E-state index in [0.717, 1.165) is 22.6 Å². The second-order valence-electron chi connectivity index (χ2n) is 5.71. The van der Waals surface area contributed by atoms with Crippen molar-refractivity contribution >= 4 is 17.4 Å². The Hall–Kier alpha value is -2.50. The lowest BCUT2D eigenvalue weighted by molar-refractivity contribution is 0.301. The minimum absolute atomic E-state index is 0.0336. The van der Waals surface area contributed by atoms with Crippen molar-refractivity contribution in [3.63, 3.8) is 0 Å². The third-order valence-electron chi connectivity index (χ3n) is 3.72. The van der Waals surface area contributed by atoms with Crippen molar-refractivity contribution in [3.05, 3.63) is 71.1 Å². The van der Waals surface area contributed by atoms with E-state index in [9.17, 15) is 5.11 Å². The zero-order valence-corrected chi connectivity index (χ0v) is 14.7. The summed E-state index contributed by atoms with van der Waals surface area (Å²) in [5, 5.41) is 10.2. The molecule has 25 heavy (non-hydrogen) atoms. The molecule has 1 N–H and O–H groups in total. The normalized spacial score (nSPS) is 10.7. The first-order chi connectivity index (χ1) is 12.2. The summed E-state index contributed by atoms with van der Waals surface area (Å²) in [5.74, 6) is 1.39. The topological polar surface area (TPSA) is 62.1 Å². The van der Waals surface area contributed by atoms with E-state index in [2.05, 4.69) is 15.0 Å². The van der Waals surface area contributed by atoms with Crippen molar-refractivity contribution in [2.75, 3.05) is 18.1 Å². The molecule has 0 atom stereocenters. The lowest BCUT2D eigenvalue weighted by Crippen LogP contribution is -2.27. The Bertz CT molecular complexity index is 842. The standard InChI is InChI=1S/C19H19ClN4O/c1-14-10-18(23-19(22-14)16-5-3-7-21-12-16)24(8-9-25)13-15-4-2-6-17(20)11-15/h2-7,10-12,25H,8-9,13H2,1H3. The molecular weight excluding hydrogens is 336 g/mol. The fraction of sp³-hybridized carbons (Fsp3) is 0.211. The van der Waals surface area contributed by atoms with Gasteiger partial charge in [0.25, 0.3) is 0 Å². The van der Waals surface area contributed by atoms with Gasteiger partial charge in [0.2, 0.25) is 0 Å². The van der Waals surface area contributed by atoms with Crippen LogP contribution in [0.1, 0.15) is 11.3 Å². The summed E-state index contributed by atoms with van der Waals surface area (Å²) in [7, 11) is 0. The van der Waals surface area contributed by atoms with Crippen LogP contribution in [0.15, 0.2) is 54.9 Å². The molecule has 128 valence electrons. The van der Waals surface area contributed by atoms with Crippen molar-refractivity contribution in [1.29, 1.82) is 0 Å². The number of rotatable bonds is 6. The molecule has 0 amide bonds. The zero-order valence-electron chi connectivity index (χ0n) is 13.9. The third-order valence-corrected chi connectivity index (χ3v) is 3.95. The van der Waals surface area contributed by atoms with E-state index >= 15 is 0 Å². The molecule has 0 saturated heterocycles. The predicted octanol–water partition coefficient (Wildman–Crippen LogP) is 3.50. The van der Waals surface area contributed by atoms with Gasteiger partial charge in [-0.1, -0.05) is 23.7 Å². The maximum absolute atomic E-state index is 9.47. The van der Waals surface area contributed by atoms with Crippen LogP contribution in [0.25, 0.3) is 11.4 Å². The van der Waals surface area contributed by atoms with Crippen molar-refractivity contribution in [2.45, 2.75) is 13.5 Å². The molecule has 0 aliphatic heterocycles. The summed E-state index contributed by atoms with van der Waals surface area (Å²) in [4.78, 5) is 15.3. The first-order valence-electron chi connectivity index (χ1n) is 8.02. The zero-order chi connectivity index (χ0) is 17.6. The van der Waals surface area contributed by atoms with Gasteiger partial charge in [-0.25, -0.2) is 9.97 Å². The van der Waals surface area contributed by atoms with Gasteiger partial charge in [-0.2, -0.15) is 0 Å². The SMILES string of the molecule is Cc1cc(N(CCO)Cc2cccc(Cl)c2)nc(-c2cccnc2)n1. The summed E-state index contributed by atoms with van der Waals surface area (Å²) in [6.45, 7) is 3.03. The average molecular weight is 355 g/mol. The molecule has 3 rings (SSSR count). The van der Waals surface area contributed by atoms with Crippen LogP contribution in [-0.2, 0) is 6.54 Å². The Morgan fingerprint density at radius 3 is 2.72 bits per heavy atom. The van der Waals surface area contributed by atoms with Gasteiger partial charge < -0.3 is 10.0 Å². The quantitative estimate of drug-likeness (QED) is 0.734. The highest BCUT2D eigenvalue weighted by molar-refractivity contribution is 6.30. The Balaban J connectivity index is 1.94. The average Bonchev–Trinajstić information content (AvgIpc) is 2.62. The molecule has 0 saturated carbocycles. The van der Waals surface area contributed by atoms with Crippen LogP contribution in [0.5, 0.6) is 0 Å². The molecule has 0 unspecified atom stereocenters. The molecule has 0 aliphatic carbocycles. The first-order valence-corrected chi connectivity index (χ1v) is 8.40. The Morgan fingerprint density at radius 2 is 2.00 bits per heavy atom. The van der Waals surface area contributed by atoms with Crippen LogP contribution in [0.2, 0.25) is 5.02 Å². The monoisotopic (exact) mass is 354 g/mol. The van der Waals surface area contributed by atoms with Crippen LogP contribution in [0, 0.1) is 6.92 Å². The van der Waals surface area contributed by atoms with Crippen LogP contribution < -0.4 is 4.90 Å². The van der Waals surface area contributed by atoms with E-state index < -0.39 is 0 Å². The number of pyridine rings is 1. The van der Waals surface area contributed by atoms with Crippen molar-refractivity contribution in [3.8, 4) is 11.4 Å². The van der Waals surface area contributed by atoms with E-state index in [0.29, 0.717) is 23.9 Å². The predicted molar refractivity (Wildman–Crippen MR) is 99.6 cm³/mol. The summed E-state index contributed by atoms with van der Waals surface area (Å²) < 4.78 is 0. The highest BCUT2D eigenvalue weighted by Crippen LogP contribution is 2.21. The second kappa shape index (κ2) is 8.05. The van der Waals surface area contributed by atoms with Gasteiger partial charge in [-0.05, 0) is 36.8 Å². The van der Waals surface area contributed by atoms with Crippen LogP contribution in [-0.4, -0.2) is 33.2 Å². The minimum Gasteiger partial charge on any atom is -0.395 e. The number of hydrogen-bond acceptors (Lipinski definition) is 5. The molecule has 3 aromatic rings. The summed E-state index contributed by atoms with van der Waals surface area (Å²) in [5.41, 5.74) is 2.78. The van der Waals surface area contributed by atoms with Crippen molar-refractivity contribution in [2.24, 2.45) is 0 Å². The van der Waals surface area contributed by atoms with Gasteiger partial charge in [0.15, 0.2) is 5.82 Å². The molecule has 2 aromatic heterocycles. The van der Waals surface area contributed by atoms with Gasteiger partial charge in [-0.15, -0.1) is 0 Å². The summed E-state index contributed by atoms with van der Waals surface area (Å²) >= 11 is 6.08. The van der Waals surface area contributed by atoms with E-state index in [-0.39, 0.29) is 6.61 Å². The van der Waals surface area contributed by atoms with E-state index in [4.69, 9.17) is 11.6 Å². The van der Waals surface area contributed by atoms with E-state index in [1.54, 1.807) is 12.4 Å². The van der Waals surface area contributed by atoms with Gasteiger partial charge in [0.1, 0.15) is 5.82 Å². The molecule has 0 fully saturated rings. The Labute approximate surface area is 152 Å². The second-order valence-corrected chi connectivity index (χ2v) is 6.14. The number of halogens is 1. The smallest absolute Gasteiger partial charge is 0.163 e. The van der Waals surface area contributed by atoms with Gasteiger partial charge >= 0.3 is 0 Å². The highest BCUT2D eigenvalue weighted by Gasteiger charge is 2.12. The number of aliphatic hydroxyl groups excluding tert-OH is 1. The van der Waals surface area contributed by atoms with Crippen LogP contribution >= 0.6 is 11.6 Å². The van der Waals surface area contributed by atoms with E-state index in [1.807, 2.05) is 54.3 Å². The maximum atomic E-state index is 9.47. The number of nitrogens with zero attached hydrogens (tertiary/aromatic N) is 4. The fourth-order valence-electron chi connectivity index (χ4n) is 2.59. The number of anilines is 1. The fourth-order valence-corrected chi connectivity index (χ4v) is 2.80. The molecule has 2 heterocycles. The molecular formula is C19H19ClN4O.